The maximum absolute atomic E-state index is 5.18. The van der Waals surface area contributed by atoms with E-state index in [4.69, 9.17) is 4.74 Å². The second kappa shape index (κ2) is 8.08. The number of methoxy groups -OCH3 is 1. The second-order valence-electron chi connectivity index (χ2n) is 7.42. The van der Waals surface area contributed by atoms with E-state index < -0.39 is 0 Å². The molecule has 0 aliphatic heterocycles. The van der Waals surface area contributed by atoms with Gasteiger partial charge in [-0.25, -0.2) is 4.98 Å². The van der Waals surface area contributed by atoms with Gasteiger partial charge in [-0.2, -0.15) is 4.98 Å². The summed E-state index contributed by atoms with van der Waals surface area (Å²) in [5, 5.41) is 6.58. The molecule has 0 fully saturated rings. The number of hydrogen-bond acceptors (Lipinski definition) is 5. The largest absolute Gasteiger partial charge is 0.497 e. The summed E-state index contributed by atoms with van der Waals surface area (Å²) in [7, 11) is 1.67. The van der Waals surface area contributed by atoms with Crippen molar-refractivity contribution in [3.05, 3.63) is 71.9 Å². The molecule has 1 aromatic heterocycles. The first-order valence-corrected chi connectivity index (χ1v) is 9.01. The van der Waals surface area contributed by atoms with Gasteiger partial charge in [0, 0.05) is 18.4 Å². The molecule has 2 aromatic carbocycles. The molecule has 0 radical (unpaired) electrons. The van der Waals surface area contributed by atoms with Crippen LogP contribution in [0.1, 0.15) is 31.9 Å². The molecule has 5 nitrogen and oxygen atoms in total. The van der Waals surface area contributed by atoms with E-state index in [-0.39, 0.29) is 5.41 Å². The van der Waals surface area contributed by atoms with E-state index in [1.54, 1.807) is 13.3 Å². The van der Waals surface area contributed by atoms with Crippen LogP contribution < -0.4 is 15.4 Å². The smallest absolute Gasteiger partial charge is 0.229 e. The van der Waals surface area contributed by atoms with E-state index in [2.05, 4.69) is 65.6 Å². The third kappa shape index (κ3) is 5.20. The Kier molecular flexibility index (Phi) is 5.60. The molecule has 0 unspecified atom stereocenters. The summed E-state index contributed by atoms with van der Waals surface area (Å²) in [5.41, 5.74) is 3.56. The Morgan fingerprint density at radius 3 is 2.26 bits per heavy atom. The average molecular weight is 362 g/mol. The Labute approximate surface area is 160 Å². The molecule has 140 valence electrons. The first kappa shape index (κ1) is 18.7. The van der Waals surface area contributed by atoms with Crippen LogP contribution >= 0.6 is 0 Å². The van der Waals surface area contributed by atoms with Gasteiger partial charge in [-0.3, -0.25) is 0 Å². The van der Waals surface area contributed by atoms with Crippen LogP contribution in [0, 0.1) is 0 Å². The normalized spacial score (nSPS) is 11.1. The Balaban J connectivity index is 1.62. The molecule has 2 N–H and O–H groups in total. The number of ether oxygens (including phenoxy) is 1. The molecule has 0 amide bonds. The molecule has 0 bridgehead atoms. The average Bonchev–Trinajstić information content (AvgIpc) is 2.67. The molecule has 0 saturated carbocycles. The highest BCUT2D eigenvalue weighted by Crippen LogP contribution is 2.24. The van der Waals surface area contributed by atoms with Gasteiger partial charge in [0.05, 0.1) is 7.11 Å². The van der Waals surface area contributed by atoms with Crippen LogP contribution in [0.4, 0.5) is 17.5 Å². The van der Waals surface area contributed by atoms with Gasteiger partial charge < -0.3 is 15.4 Å². The Hall–Kier alpha value is -3.08. The quantitative estimate of drug-likeness (QED) is 0.636. The lowest BCUT2D eigenvalue weighted by molar-refractivity contribution is 0.414. The van der Waals surface area contributed by atoms with Crippen molar-refractivity contribution in [3.63, 3.8) is 0 Å². The zero-order valence-electron chi connectivity index (χ0n) is 16.3. The third-order valence-electron chi connectivity index (χ3n) is 4.30. The van der Waals surface area contributed by atoms with Crippen molar-refractivity contribution < 1.29 is 4.74 Å². The molecule has 0 aliphatic carbocycles. The fourth-order valence-electron chi connectivity index (χ4n) is 2.64. The van der Waals surface area contributed by atoms with E-state index in [9.17, 15) is 0 Å². The number of benzene rings is 2. The van der Waals surface area contributed by atoms with Gasteiger partial charge in [0.15, 0.2) is 0 Å². The minimum absolute atomic E-state index is 0.139. The van der Waals surface area contributed by atoms with Gasteiger partial charge in [0.1, 0.15) is 11.6 Å². The molecule has 1 heterocycles. The predicted molar refractivity (Wildman–Crippen MR) is 111 cm³/mol. The molecule has 5 heteroatoms. The topological polar surface area (TPSA) is 59.1 Å². The fourth-order valence-corrected chi connectivity index (χ4v) is 2.64. The second-order valence-corrected chi connectivity index (χ2v) is 7.42. The maximum atomic E-state index is 5.18. The monoisotopic (exact) mass is 362 g/mol. The molecular formula is C22H26N4O. The highest BCUT2D eigenvalue weighted by Gasteiger charge is 2.12. The van der Waals surface area contributed by atoms with E-state index >= 15 is 0 Å². The molecule has 27 heavy (non-hydrogen) atoms. The van der Waals surface area contributed by atoms with E-state index in [1.807, 2.05) is 30.3 Å². The predicted octanol–water partition coefficient (Wildman–Crippen LogP) is 5.14. The summed E-state index contributed by atoms with van der Waals surface area (Å²) in [6.07, 6.45) is 1.75. The van der Waals surface area contributed by atoms with Gasteiger partial charge in [-0.15, -0.1) is 0 Å². The summed E-state index contributed by atoms with van der Waals surface area (Å²) in [6.45, 7) is 7.30. The first-order chi connectivity index (χ1) is 12.9. The SMILES string of the molecule is COc1ccc(CNc2ccnc(Nc3ccc(C(C)(C)C)cc3)n2)cc1. The van der Waals surface area contributed by atoms with Gasteiger partial charge in [-0.05, 0) is 46.9 Å². The molecule has 0 spiro atoms. The summed E-state index contributed by atoms with van der Waals surface area (Å²) in [5.74, 6) is 2.19. The number of rotatable bonds is 6. The number of nitrogens with one attached hydrogen (secondary N) is 2. The number of aromatic nitrogens is 2. The van der Waals surface area contributed by atoms with Crippen LogP contribution in [-0.2, 0) is 12.0 Å². The summed E-state index contributed by atoms with van der Waals surface area (Å²) < 4.78 is 5.18. The van der Waals surface area contributed by atoms with Gasteiger partial charge in [0.25, 0.3) is 0 Å². The van der Waals surface area contributed by atoms with Crippen molar-refractivity contribution in [3.8, 4) is 5.75 Å². The Morgan fingerprint density at radius 1 is 0.926 bits per heavy atom. The van der Waals surface area contributed by atoms with Crippen LogP contribution in [-0.4, -0.2) is 17.1 Å². The zero-order chi connectivity index (χ0) is 19.3. The highest BCUT2D eigenvalue weighted by molar-refractivity contribution is 5.55. The highest BCUT2D eigenvalue weighted by atomic mass is 16.5. The molecule has 0 aliphatic rings. The Morgan fingerprint density at radius 2 is 1.63 bits per heavy atom. The minimum Gasteiger partial charge on any atom is -0.497 e. The van der Waals surface area contributed by atoms with Crippen molar-refractivity contribution in [2.24, 2.45) is 0 Å². The molecule has 3 aromatic rings. The molecular weight excluding hydrogens is 336 g/mol. The fraction of sp³-hybridized carbons (Fsp3) is 0.273. The van der Waals surface area contributed by atoms with E-state index in [0.29, 0.717) is 12.5 Å². The van der Waals surface area contributed by atoms with E-state index in [0.717, 1.165) is 22.8 Å². The minimum atomic E-state index is 0.139. The molecule has 3 rings (SSSR count). The lowest BCUT2D eigenvalue weighted by atomic mass is 9.87. The van der Waals surface area contributed by atoms with Crippen molar-refractivity contribution >= 4 is 17.5 Å². The lowest BCUT2D eigenvalue weighted by Gasteiger charge is -2.19. The first-order valence-electron chi connectivity index (χ1n) is 9.01. The van der Waals surface area contributed by atoms with Crippen LogP contribution in [0.2, 0.25) is 0 Å². The molecule has 0 saturated heterocycles. The summed E-state index contributed by atoms with van der Waals surface area (Å²) in [4.78, 5) is 8.83. The number of hydrogen-bond donors (Lipinski definition) is 2. The van der Waals surface area contributed by atoms with Crippen molar-refractivity contribution in [2.75, 3.05) is 17.7 Å². The Bertz CT molecular complexity index is 868. The number of anilines is 3. The number of nitrogens with zero attached hydrogens (tertiary/aromatic N) is 2. The van der Waals surface area contributed by atoms with Crippen molar-refractivity contribution in [2.45, 2.75) is 32.7 Å². The van der Waals surface area contributed by atoms with Crippen LogP contribution in [0.25, 0.3) is 0 Å². The molecule has 0 atom stereocenters. The zero-order valence-corrected chi connectivity index (χ0v) is 16.3. The summed E-state index contributed by atoms with van der Waals surface area (Å²) >= 11 is 0. The van der Waals surface area contributed by atoms with Crippen molar-refractivity contribution in [1.82, 2.24) is 9.97 Å². The van der Waals surface area contributed by atoms with Crippen molar-refractivity contribution in [1.29, 1.82) is 0 Å². The van der Waals surface area contributed by atoms with Gasteiger partial charge in [0.2, 0.25) is 5.95 Å². The summed E-state index contributed by atoms with van der Waals surface area (Å²) in [6, 6.07) is 18.2. The lowest BCUT2D eigenvalue weighted by Crippen LogP contribution is -2.10. The van der Waals surface area contributed by atoms with E-state index in [1.165, 1.54) is 5.56 Å². The van der Waals surface area contributed by atoms with Crippen LogP contribution in [0.15, 0.2) is 60.8 Å². The maximum Gasteiger partial charge on any atom is 0.229 e. The third-order valence-corrected chi connectivity index (χ3v) is 4.30. The van der Waals surface area contributed by atoms with Crippen LogP contribution in [0.5, 0.6) is 5.75 Å². The van der Waals surface area contributed by atoms with Gasteiger partial charge >= 0.3 is 0 Å². The van der Waals surface area contributed by atoms with Gasteiger partial charge in [-0.1, -0.05) is 45.0 Å². The standard InChI is InChI=1S/C22H26N4O/c1-22(2,3)17-7-9-18(10-8-17)25-21-23-14-13-20(26-21)24-15-16-5-11-19(27-4)12-6-16/h5-14H,15H2,1-4H3,(H2,23,24,25,26). The van der Waals surface area contributed by atoms with Crippen LogP contribution in [0.3, 0.4) is 0 Å².